The highest BCUT2D eigenvalue weighted by atomic mass is 19.4. The fraction of sp³-hybridized carbons (Fsp3) is 0.750. The number of carboxylic acid groups (broad SMARTS) is 2. The molecule has 0 bridgehead atoms. The van der Waals surface area contributed by atoms with Crippen LogP contribution in [0.15, 0.2) is 0 Å². The predicted octanol–water partition coefficient (Wildman–Crippen LogP) is -0.216. The largest absolute Gasteiger partial charge is 0.490 e. The molecule has 0 unspecified atom stereocenters. The number of alkyl halides is 3. The van der Waals surface area contributed by atoms with Crippen molar-refractivity contribution < 1.29 is 33.0 Å². The van der Waals surface area contributed by atoms with Gasteiger partial charge < -0.3 is 21.3 Å². The molecule has 1 aliphatic heterocycles. The molecule has 0 amide bonds. The number of hydrogen-bond donors (Lipinski definition) is 4. The van der Waals surface area contributed by atoms with E-state index < -0.39 is 24.2 Å². The number of hydrogen-bond acceptors (Lipinski definition) is 4. The summed E-state index contributed by atoms with van der Waals surface area (Å²) in [6.07, 6.45) is -3.17. The van der Waals surface area contributed by atoms with E-state index in [4.69, 9.17) is 20.7 Å². The molecule has 0 saturated carbocycles. The Kier molecular flexibility index (Phi) is 5.89. The van der Waals surface area contributed by atoms with Gasteiger partial charge in [-0.05, 0) is 19.4 Å². The highest BCUT2D eigenvalue weighted by Crippen LogP contribution is 2.13. The summed E-state index contributed by atoms with van der Waals surface area (Å²) in [7, 11) is 0. The zero-order chi connectivity index (χ0) is 13.6. The third-order valence-corrected chi connectivity index (χ3v) is 2.06. The molecule has 9 heteroatoms. The van der Waals surface area contributed by atoms with Crippen molar-refractivity contribution in [2.45, 2.75) is 31.1 Å². The van der Waals surface area contributed by atoms with Crippen LogP contribution in [0.1, 0.15) is 12.8 Å². The van der Waals surface area contributed by atoms with Gasteiger partial charge in [0.05, 0.1) is 0 Å². The van der Waals surface area contributed by atoms with Crippen molar-refractivity contribution in [1.82, 2.24) is 5.32 Å². The number of nitrogens with two attached hydrogens (primary N) is 1. The molecule has 0 aromatic heterocycles. The van der Waals surface area contributed by atoms with Gasteiger partial charge in [0.2, 0.25) is 0 Å². The van der Waals surface area contributed by atoms with Crippen LogP contribution in [0.25, 0.3) is 0 Å². The number of carbonyl (C=O) groups is 2. The monoisotopic (exact) mass is 258 g/mol. The van der Waals surface area contributed by atoms with Crippen molar-refractivity contribution in [1.29, 1.82) is 0 Å². The van der Waals surface area contributed by atoms with E-state index >= 15 is 0 Å². The predicted molar refractivity (Wildman–Crippen MR) is 50.3 cm³/mol. The zero-order valence-electron chi connectivity index (χ0n) is 8.70. The maximum absolute atomic E-state index is 10.6. The fourth-order valence-electron chi connectivity index (χ4n) is 1.19. The Morgan fingerprint density at radius 3 is 2.06 bits per heavy atom. The summed E-state index contributed by atoms with van der Waals surface area (Å²) in [5.41, 5.74) is 5.36. The Bertz CT molecular complexity index is 276. The van der Waals surface area contributed by atoms with Crippen LogP contribution in [-0.4, -0.2) is 47.0 Å². The van der Waals surface area contributed by atoms with Crippen molar-refractivity contribution in [2.24, 2.45) is 5.73 Å². The van der Waals surface area contributed by atoms with Gasteiger partial charge in [-0.2, -0.15) is 13.2 Å². The van der Waals surface area contributed by atoms with E-state index in [0.29, 0.717) is 0 Å². The summed E-state index contributed by atoms with van der Waals surface area (Å²) in [5, 5.41) is 18.6. The van der Waals surface area contributed by atoms with E-state index in [0.717, 1.165) is 19.4 Å². The molecule has 1 fully saturated rings. The van der Waals surface area contributed by atoms with Gasteiger partial charge in [-0.3, -0.25) is 4.79 Å². The topological polar surface area (TPSA) is 113 Å². The van der Waals surface area contributed by atoms with E-state index in [1.165, 1.54) is 0 Å². The third-order valence-electron chi connectivity index (χ3n) is 2.06. The van der Waals surface area contributed by atoms with Gasteiger partial charge in [0.1, 0.15) is 6.04 Å². The van der Waals surface area contributed by atoms with E-state index in [1.807, 2.05) is 0 Å². The average molecular weight is 258 g/mol. The van der Waals surface area contributed by atoms with E-state index in [2.05, 4.69) is 5.32 Å². The third kappa shape index (κ3) is 6.07. The van der Waals surface area contributed by atoms with Crippen molar-refractivity contribution in [3.63, 3.8) is 0 Å². The molecule has 6 nitrogen and oxygen atoms in total. The lowest BCUT2D eigenvalue weighted by Gasteiger charge is -2.13. The van der Waals surface area contributed by atoms with Crippen LogP contribution in [0, 0.1) is 0 Å². The zero-order valence-corrected chi connectivity index (χ0v) is 8.70. The maximum atomic E-state index is 10.6. The molecule has 0 aromatic carbocycles. The normalized spacial score (nSPS) is 21.3. The second kappa shape index (κ2) is 6.40. The first-order chi connectivity index (χ1) is 7.66. The molecule has 0 radical (unpaired) electrons. The first-order valence-electron chi connectivity index (χ1n) is 4.68. The molecule has 1 aliphatic rings. The second-order valence-electron chi connectivity index (χ2n) is 3.37. The number of rotatable bonds is 2. The number of aliphatic carboxylic acids is 2. The van der Waals surface area contributed by atoms with Gasteiger partial charge >= 0.3 is 18.1 Å². The Balaban J connectivity index is 0.000000325. The van der Waals surface area contributed by atoms with Crippen LogP contribution in [-0.2, 0) is 9.59 Å². The van der Waals surface area contributed by atoms with Crippen LogP contribution >= 0.6 is 0 Å². The fourth-order valence-corrected chi connectivity index (χ4v) is 1.19. The van der Waals surface area contributed by atoms with Gasteiger partial charge in [0.25, 0.3) is 0 Å². The van der Waals surface area contributed by atoms with Gasteiger partial charge in [-0.15, -0.1) is 0 Å². The summed E-state index contributed by atoms with van der Waals surface area (Å²) in [6, 6.07) is -0.750. The smallest absolute Gasteiger partial charge is 0.480 e. The molecular weight excluding hydrogens is 245 g/mol. The average Bonchev–Trinajstić information content (AvgIpc) is 2.68. The molecule has 5 N–H and O–H groups in total. The Hall–Kier alpha value is -1.35. The van der Waals surface area contributed by atoms with Crippen molar-refractivity contribution >= 4 is 11.9 Å². The number of carboxylic acids is 2. The first kappa shape index (κ1) is 15.7. The molecule has 1 rings (SSSR count). The summed E-state index contributed by atoms with van der Waals surface area (Å²) in [5.74, 6) is -3.67. The molecule has 100 valence electrons. The summed E-state index contributed by atoms with van der Waals surface area (Å²) in [4.78, 5) is 19.2. The van der Waals surface area contributed by atoms with Crippen LogP contribution in [0.5, 0.6) is 0 Å². The molecule has 2 atom stereocenters. The SMILES string of the molecule is N[C@H](C(=O)O)[C@H]1CCCN1.O=C(O)C(F)(F)F. The number of halogens is 3. The Morgan fingerprint density at radius 2 is 1.82 bits per heavy atom. The second-order valence-corrected chi connectivity index (χ2v) is 3.37. The molecule has 0 aliphatic carbocycles. The Labute approximate surface area is 94.6 Å². The van der Waals surface area contributed by atoms with Gasteiger partial charge in [0.15, 0.2) is 0 Å². The van der Waals surface area contributed by atoms with E-state index in [1.54, 1.807) is 0 Å². The quantitative estimate of drug-likeness (QED) is 0.545. The van der Waals surface area contributed by atoms with E-state index in [9.17, 15) is 18.0 Å². The molecule has 1 heterocycles. The molecular formula is C8H13F3N2O4. The standard InChI is InChI=1S/C6H12N2O2.C2HF3O2/c7-5(6(9)10)4-2-1-3-8-4;3-2(4,5)1(6)7/h4-5,8H,1-3,7H2,(H,9,10);(H,6,7)/t4-,5+;/m1./s1. The van der Waals surface area contributed by atoms with E-state index in [-0.39, 0.29) is 6.04 Å². The van der Waals surface area contributed by atoms with Crippen LogP contribution < -0.4 is 11.1 Å². The molecule has 17 heavy (non-hydrogen) atoms. The molecule has 0 aromatic rings. The lowest BCUT2D eigenvalue weighted by Crippen LogP contribution is -2.46. The highest BCUT2D eigenvalue weighted by molar-refractivity contribution is 5.74. The summed E-state index contributed by atoms with van der Waals surface area (Å²) < 4.78 is 31.7. The van der Waals surface area contributed by atoms with Crippen molar-refractivity contribution in [3.05, 3.63) is 0 Å². The number of nitrogens with one attached hydrogen (secondary N) is 1. The van der Waals surface area contributed by atoms with Crippen molar-refractivity contribution in [3.8, 4) is 0 Å². The van der Waals surface area contributed by atoms with Crippen LogP contribution in [0.2, 0.25) is 0 Å². The minimum atomic E-state index is -5.08. The minimum Gasteiger partial charge on any atom is -0.480 e. The summed E-state index contributed by atoms with van der Waals surface area (Å²) in [6.45, 7) is 0.894. The minimum absolute atomic E-state index is 0.0162. The van der Waals surface area contributed by atoms with Crippen LogP contribution in [0.3, 0.4) is 0 Å². The summed E-state index contributed by atoms with van der Waals surface area (Å²) >= 11 is 0. The first-order valence-corrected chi connectivity index (χ1v) is 4.68. The lowest BCUT2D eigenvalue weighted by molar-refractivity contribution is -0.192. The molecule has 0 spiro atoms. The lowest BCUT2D eigenvalue weighted by atomic mass is 10.1. The highest BCUT2D eigenvalue weighted by Gasteiger charge is 2.38. The van der Waals surface area contributed by atoms with Gasteiger partial charge in [-0.25, -0.2) is 4.79 Å². The Morgan fingerprint density at radius 1 is 1.35 bits per heavy atom. The van der Waals surface area contributed by atoms with Crippen LogP contribution in [0.4, 0.5) is 13.2 Å². The molecule has 1 saturated heterocycles. The van der Waals surface area contributed by atoms with Gasteiger partial charge in [-0.1, -0.05) is 0 Å². The van der Waals surface area contributed by atoms with Crippen molar-refractivity contribution in [2.75, 3.05) is 6.54 Å². The van der Waals surface area contributed by atoms with Gasteiger partial charge in [0, 0.05) is 6.04 Å². The maximum Gasteiger partial charge on any atom is 0.490 e.